The van der Waals surface area contributed by atoms with Crippen LogP contribution < -0.4 is 10.2 Å². The minimum absolute atomic E-state index is 0.00608. The Morgan fingerprint density at radius 3 is 1.34 bits per heavy atom. The van der Waals surface area contributed by atoms with E-state index >= 15 is 0 Å². The maximum Gasteiger partial charge on any atom is 0.268 e. The quantitative estimate of drug-likeness (QED) is 0.0273. The average Bonchev–Trinajstić information content (AvgIpc) is 3.21. The van der Waals surface area contributed by atoms with Crippen LogP contribution in [0, 0.1) is 0 Å². The molecule has 0 fully saturated rings. The predicted octanol–water partition coefficient (Wildman–Crippen LogP) is 14.4. The SMILES string of the molecule is CCCCCC/C=C/CC/C=C/C(O)C(COP(=O)([O-])OCC[N+](C)(C)C)NC(=O)CCCCCCCCCCCCCCC/C=C\CCCCCCCCCCCCCC. The lowest BCUT2D eigenvalue weighted by Gasteiger charge is -2.29. The summed E-state index contributed by atoms with van der Waals surface area (Å²) >= 11 is 0. The molecule has 0 rings (SSSR count). The molecule has 3 unspecified atom stereocenters. The molecule has 0 aromatic rings. The highest BCUT2D eigenvalue weighted by molar-refractivity contribution is 7.45. The van der Waals surface area contributed by atoms with Crippen molar-refractivity contribution < 1.29 is 32.9 Å². The summed E-state index contributed by atoms with van der Waals surface area (Å²) in [7, 11) is 1.24. The molecule has 0 radical (unpaired) electrons. The van der Waals surface area contributed by atoms with Crippen LogP contribution >= 0.6 is 7.82 Å². The maximum atomic E-state index is 12.9. The van der Waals surface area contributed by atoms with Crippen molar-refractivity contribution in [2.45, 2.75) is 251 Å². The average molecular weight is 881 g/mol. The minimum atomic E-state index is -4.59. The zero-order valence-corrected chi connectivity index (χ0v) is 41.8. The number of nitrogens with zero attached hydrogens (tertiary/aromatic N) is 1. The Morgan fingerprint density at radius 2 is 0.918 bits per heavy atom. The lowest BCUT2D eigenvalue weighted by molar-refractivity contribution is -0.870. The summed E-state index contributed by atoms with van der Waals surface area (Å²) in [6, 6.07) is -0.900. The van der Waals surface area contributed by atoms with E-state index in [4.69, 9.17) is 9.05 Å². The number of aliphatic hydroxyl groups excluding tert-OH is 1. The fraction of sp³-hybridized carbons (Fsp3) is 0.865. The number of hydrogen-bond donors (Lipinski definition) is 2. The van der Waals surface area contributed by atoms with Gasteiger partial charge in [0.2, 0.25) is 5.91 Å². The number of allylic oxidation sites excluding steroid dienone is 5. The Hall–Kier alpha value is -1.28. The summed E-state index contributed by atoms with van der Waals surface area (Å²) in [4.78, 5) is 25.3. The van der Waals surface area contributed by atoms with Gasteiger partial charge in [0, 0.05) is 6.42 Å². The summed E-state index contributed by atoms with van der Waals surface area (Å²) in [5.41, 5.74) is 0. The highest BCUT2D eigenvalue weighted by Gasteiger charge is 2.23. The van der Waals surface area contributed by atoms with Gasteiger partial charge in [0.15, 0.2) is 0 Å². The number of carbonyl (C=O) groups is 1. The van der Waals surface area contributed by atoms with Gasteiger partial charge in [-0.2, -0.15) is 0 Å². The third-order valence-electron chi connectivity index (χ3n) is 11.6. The van der Waals surface area contributed by atoms with Crippen molar-refractivity contribution in [3.63, 3.8) is 0 Å². The normalized spacial score (nSPS) is 14.4. The summed E-state index contributed by atoms with van der Waals surface area (Å²) in [6.07, 6.45) is 55.2. The number of nitrogens with one attached hydrogen (secondary N) is 1. The van der Waals surface area contributed by atoms with Crippen LogP contribution in [0.1, 0.15) is 239 Å². The Kier molecular flexibility index (Phi) is 43.0. The Balaban J connectivity index is 4.05. The molecule has 0 saturated heterocycles. The number of unbranched alkanes of at least 4 members (excludes halogenated alkanes) is 30. The fourth-order valence-electron chi connectivity index (χ4n) is 7.46. The summed E-state index contributed by atoms with van der Waals surface area (Å²) in [6.45, 7) is 4.60. The second-order valence-corrected chi connectivity index (χ2v) is 20.3. The van der Waals surface area contributed by atoms with Crippen LogP contribution in [0.2, 0.25) is 0 Å². The third kappa shape index (κ3) is 46.5. The molecule has 0 saturated carbocycles. The molecule has 0 aliphatic rings. The van der Waals surface area contributed by atoms with E-state index in [1.807, 2.05) is 27.2 Å². The van der Waals surface area contributed by atoms with Gasteiger partial charge in [0.1, 0.15) is 13.2 Å². The molecule has 3 atom stereocenters. The van der Waals surface area contributed by atoms with Crippen LogP contribution in [-0.2, 0) is 18.4 Å². The van der Waals surface area contributed by atoms with Gasteiger partial charge < -0.3 is 28.8 Å². The number of likely N-dealkylation sites (N-methyl/N-ethyl adjacent to an activating group) is 1. The summed E-state index contributed by atoms with van der Waals surface area (Å²) < 4.78 is 23.2. The van der Waals surface area contributed by atoms with Crippen molar-refractivity contribution in [2.75, 3.05) is 40.9 Å². The highest BCUT2D eigenvalue weighted by Crippen LogP contribution is 2.38. The van der Waals surface area contributed by atoms with Gasteiger partial charge >= 0.3 is 0 Å². The molecule has 360 valence electrons. The molecule has 0 aromatic carbocycles. The monoisotopic (exact) mass is 881 g/mol. The van der Waals surface area contributed by atoms with Crippen LogP contribution in [0.5, 0.6) is 0 Å². The summed E-state index contributed by atoms with van der Waals surface area (Å²) in [5, 5.41) is 13.7. The van der Waals surface area contributed by atoms with Crippen LogP contribution in [0.25, 0.3) is 0 Å². The molecule has 61 heavy (non-hydrogen) atoms. The Bertz CT molecular complexity index is 1090. The number of phosphoric acid groups is 1. The van der Waals surface area contributed by atoms with Gasteiger partial charge in [-0.05, 0) is 57.8 Å². The molecule has 0 aliphatic heterocycles. The third-order valence-corrected chi connectivity index (χ3v) is 12.5. The Morgan fingerprint density at radius 1 is 0.557 bits per heavy atom. The first kappa shape index (κ1) is 59.7. The van der Waals surface area contributed by atoms with E-state index in [9.17, 15) is 19.4 Å². The maximum absolute atomic E-state index is 12.9. The van der Waals surface area contributed by atoms with Crippen molar-refractivity contribution in [3.8, 4) is 0 Å². The lowest BCUT2D eigenvalue weighted by Crippen LogP contribution is -2.45. The number of hydrogen-bond acceptors (Lipinski definition) is 6. The number of rotatable bonds is 47. The summed E-state index contributed by atoms with van der Waals surface area (Å²) in [5.74, 6) is -0.208. The lowest BCUT2D eigenvalue weighted by atomic mass is 10.0. The first-order valence-electron chi connectivity index (χ1n) is 25.9. The van der Waals surface area contributed by atoms with Gasteiger partial charge in [-0.3, -0.25) is 9.36 Å². The topological polar surface area (TPSA) is 108 Å². The second kappa shape index (κ2) is 43.9. The van der Waals surface area contributed by atoms with E-state index in [1.165, 1.54) is 180 Å². The van der Waals surface area contributed by atoms with Crippen molar-refractivity contribution in [1.29, 1.82) is 0 Å². The van der Waals surface area contributed by atoms with Gasteiger partial charge in [-0.25, -0.2) is 0 Å². The van der Waals surface area contributed by atoms with Crippen LogP contribution in [-0.4, -0.2) is 68.5 Å². The molecule has 2 N–H and O–H groups in total. The van der Waals surface area contributed by atoms with Crippen LogP contribution in [0.4, 0.5) is 0 Å². The molecule has 9 heteroatoms. The Labute approximate surface area is 378 Å². The van der Waals surface area contributed by atoms with Crippen LogP contribution in [0.15, 0.2) is 36.5 Å². The van der Waals surface area contributed by atoms with E-state index in [1.54, 1.807) is 6.08 Å². The smallest absolute Gasteiger partial charge is 0.268 e. The first-order valence-corrected chi connectivity index (χ1v) is 27.3. The predicted molar refractivity (Wildman–Crippen MR) is 261 cm³/mol. The molecule has 0 aliphatic carbocycles. The minimum Gasteiger partial charge on any atom is -0.756 e. The fourth-order valence-corrected chi connectivity index (χ4v) is 8.18. The van der Waals surface area contributed by atoms with Crippen molar-refractivity contribution >= 4 is 13.7 Å². The van der Waals surface area contributed by atoms with E-state index in [-0.39, 0.29) is 12.5 Å². The van der Waals surface area contributed by atoms with Gasteiger partial charge in [-0.15, -0.1) is 0 Å². The first-order chi connectivity index (χ1) is 29.5. The number of aliphatic hydroxyl groups is 1. The van der Waals surface area contributed by atoms with E-state index in [2.05, 4.69) is 43.5 Å². The van der Waals surface area contributed by atoms with Crippen molar-refractivity contribution in [1.82, 2.24) is 5.32 Å². The van der Waals surface area contributed by atoms with E-state index in [0.29, 0.717) is 17.4 Å². The second-order valence-electron chi connectivity index (χ2n) is 18.9. The molecular weight excluding hydrogens is 780 g/mol. The number of carbonyl (C=O) groups excluding carboxylic acids is 1. The van der Waals surface area contributed by atoms with Gasteiger partial charge in [0.05, 0.1) is 39.9 Å². The van der Waals surface area contributed by atoms with Gasteiger partial charge in [0.25, 0.3) is 7.82 Å². The molecule has 1 amide bonds. The zero-order valence-electron chi connectivity index (χ0n) is 40.9. The molecule has 0 heterocycles. The molecular formula is C52H101N2O6P. The van der Waals surface area contributed by atoms with E-state index in [0.717, 1.165) is 38.5 Å². The zero-order chi connectivity index (χ0) is 45.0. The molecule has 0 aromatic heterocycles. The number of amides is 1. The van der Waals surface area contributed by atoms with Gasteiger partial charge in [-0.1, -0.05) is 211 Å². The molecule has 8 nitrogen and oxygen atoms in total. The number of phosphoric ester groups is 1. The van der Waals surface area contributed by atoms with Crippen molar-refractivity contribution in [2.24, 2.45) is 0 Å². The highest BCUT2D eigenvalue weighted by atomic mass is 31.2. The number of quaternary nitrogens is 1. The molecule has 0 spiro atoms. The van der Waals surface area contributed by atoms with Crippen LogP contribution in [0.3, 0.4) is 0 Å². The standard InChI is InChI=1S/C52H101N2O6P/c1-6-8-10-12-14-16-18-19-20-21-22-23-24-25-26-27-28-29-30-31-32-33-34-35-36-38-40-42-44-46-52(56)53-50(49-60-61(57,58)59-48-47-54(3,4)5)51(55)45-43-41-39-37-17-15-13-11-9-7-2/h17,25-26,37,43,45,50-51,55H,6-16,18-24,27-36,38-42,44,46-49H2,1-5H3,(H-,53,56,57,58)/b26-25-,37-17+,45-43+. The largest absolute Gasteiger partial charge is 0.756 e. The van der Waals surface area contributed by atoms with Crippen molar-refractivity contribution in [3.05, 3.63) is 36.5 Å². The van der Waals surface area contributed by atoms with E-state index < -0.39 is 26.6 Å². The molecule has 0 bridgehead atoms.